The zero-order chi connectivity index (χ0) is 16.2. The van der Waals surface area contributed by atoms with Crippen molar-refractivity contribution in [3.8, 4) is 5.75 Å². The number of aryl methyl sites for hydroxylation is 1. The van der Waals surface area contributed by atoms with Crippen LogP contribution in [0.1, 0.15) is 25.8 Å². The monoisotopic (exact) mass is 313 g/mol. The van der Waals surface area contributed by atoms with E-state index >= 15 is 0 Å². The first-order valence-electron chi connectivity index (χ1n) is 6.43. The smallest absolute Gasteiger partial charge is 0.238 e. The zero-order valence-corrected chi connectivity index (χ0v) is 13.3. The number of anilines is 1. The molecule has 0 fully saturated rings. The van der Waals surface area contributed by atoms with Crippen molar-refractivity contribution in [1.29, 1.82) is 0 Å². The molecule has 0 aliphatic heterocycles. The fourth-order valence-electron chi connectivity index (χ4n) is 1.76. The van der Waals surface area contributed by atoms with E-state index in [0.29, 0.717) is 22.9 Å². The fourth-order valence-corrected chi connectivity index (χ4v) is 1.91. The average Bonchev–Trinajstić information content (AvgIpc) is 2.48. The highest BCUT2D eigenvalue weighted by Crippen LogP contribution is 2.33. The van der Waals surface area contributed by atoms with Crippen LogP contribution in [0.2, 0.25) is 5.02 Å². The van der Waals surface area contributed by atoms with Crippen molar-refractivity contribution in [2.24, 2.45) is 16.3 Å². The molecule has 0 spiro atoms. The van der Waals surface area contributed by atoms with Crippen molar-refractivity contribution in [3.63, 3.8) is 0 Å². The van der Waals surface area contributed by atoms with Gasteiger partial charge in [-0.3, -0.25) is 4.79 Å². The lowest BCUT2D eigenvalue weighted by atomic mass is 9.85. The molecule has 0 bridgehead atoms. The second-order valence-corrected chi connectivity index (χ2v) is 5.33. The Balaban J connectivity index is 3.16. The largest absolute Gasteiger partial charge is 0.495 e. The quantitative estimate of drug-likeness (QED) is 0.337. The van der Waals surface area contributed by atoms with Gasteiger partial charge in [-0.15, -0.1) is 0 Å². The van der Waals surface area contributed by atoms with Crippen molar-refractivity contribution in [1.82, 2.24) is 0 Å². The molecule has 1 rings (SSSR count). The topological polar surface area (TPSA) is 96.9 Å². The standard InChI is InChI=1S/C14H20ClN3O3/c1-5-14(3,12(16)18-20)13(19)17-10-6-8(2)9(15)7-11(10)21-4/h6-7,20H,5H2,1-4H3,(H2,16,18)(H,17,19). The van der Waals surface area contributed by atoms with Gasteiger partial charge < -0.3 is 21.0 Å². The first-order valence-corrected chi connectivity index (χ1v) is 6.81. The van der Waals surface area contributed by atoms with Gasteiger partial charge in [0.05, 0.1) is 12.8 Å². The third-order valence-corrected chi connectivity index (χ3v) is 4.02. The van der Waals surface area contributed by atoms with Crippen LogP contribution in [0.3, 0.4) is 0 Å². The van der Waals surface area contributed by atoms with Gasteiger partial charge in [0.15, 0.2) is 5.84 Å². The molecule has 21 heavy (non-hydrogen) atoms. The molecule has 0 radical (unpaired) electrons. The summed E-state index contributed by atoms with van der Waals surface area (Å²) in [4.78, 5) is 12.5. The van der Waals surface area contributed by atoms with Gasteiger partial charge in [0, 0.05) is 11.1 Å². The SMILES string of the molecule is CCC(C)(C(=O)Nc1cc(C)c(Cl)cc1OC)/C(N)=N/O. The van der Waals surface area contributed by atoms with Gasteiger partial charge in [-0.2, -0.15) is 0 Å². The Morgan fingerprint density at radius 2 is 2.19 bits per heavy atom. The molecule has 4 N–H and O–H groups in total. The van der Waals surface area contributed by atoms with Gasteiger partial charge in [-0.1, -0.05) is 23.7 Å². The second-order valence-electron chi connectivity index (χ2n) is 4.93. The lowest BCUT2D eigenvalue weighted by Gasteiger charge is -2.25. The number of methoxy groups -OCH3 is 1. The third kappa shape index (κ3) is 3.39. The van der Waals surface area contributed by atoms with Gasteiger partial charge in [0.1, 0.15) is 11.2 Å². The van der Waals surface area contributed by atoms with Crippen LogP contribution < -0.4 is 15.8 Å². The number of ether oxygens (including phenoxy) is 1. The van der Waals surface area contributed by atoms with E-state index in [1.807, 2.05) is 6.92 Å². The number of carbonyl (C=O) groups excluding carboxylic acids is 1. The summed E-state index contributed by atoms with van der Waals surface area (Å²) in [7, 11) is 1.49. The molecular formula is C14H20ClN3O3. The number of nitrogens with two attached hydrogens (primary N) is 1. The lowest BCUT2D eigenvalue weighted by molar-refractivity contribution is -0.121. The first-order chi connectivity index (χ1) is 9.79. The van der Waals surface area contributed by atoms with Gasteiger partial charge in [-0.25, -0.2) is 0 Å². The number of amidine groups is 1. The first kappa shape index (κ1) is 17.1. The Hall–Kier alpha value is -1.95. The van der Waals surface area contributed by atoms with Crippen molar-refractivity contribution in [2.45, 2.75) is 27.2 Å². The van der Waals surface area contributed by atoms with Crippen molar-refractivity contribution < 1.29 is 14.7 Å². The molecule has 1 aromatic carbocycles. The predicted molar refractivity (Wildman–Crippen MR) is 83.2 cm³/mol. The summed E-state index contributed by atoms with van der Waals surface area (Å²) in [6.07, 6.45) is 0.379. The molecule has 7 heteroatoms. The highest BCUT2D eigenvalue weighted by atomic mass is 35.5. The number of oxime groups is 1. The van der Waals surface area contributed by atoms with E-state index in [4.69, 9.17) is 27.3 Å². The minimum Gasteiger partial charge on any atom is -0.495 e. The molecule has 0 aliphatic carbocycles. The lowest BCUT2D eigenvalue weighted by Crippen LogP contribution is -2.44. The number of nitrogens with one attached hydrogen (secondary N) is 1. The number of halogens is 1. The average molecular weight is 314 g/mol. The number of hydrogen-bond donors (Lipinski definition) is 3. The minimum absolute atomic E-state index is 0.146. The second kappa shape index (κ2) is 6.67. The molecule has 1 amide bonds. The van der Waals surface area contributed by atoms with E-state index in [1.54, 1.807) is 26.0 Å². The van der Waals surface area contributed by atoms with E-state index < -0.39 is 5.41 Å². The van der Waals surface area contributed by atoms with Crippen LogP contribution in [-0.2, 0) is 4.79 Å². The molecule has 0 aromatic heterocycles. The Kier molecular flexibility index (Phi) is 5.43. The maximum atomic E-state index is 12.5. The van der Waals surface area contributed by atoms with Gasteiger partial charge in [0.2, 0.25) is 5.91 Å². The summed E-state index contributed by atoms with van der Waals surface area (Å²) in [5.74, 6) is -0.0932. The molecule has 1 atom stereocenters. The van der Waals surface area contributed by atoms with Crippen molar-refractivity contribution in [2.75, 3.05) is 12.4 Å². The normalized spacial score (nSPS) is 14.4. The fraction of sp³-hybridized carbons (Fsp3) is 0.429. The van der Waals surface area contributed by atoms with E-state index in [-0.39, 0.29) is 11.7 Å². The molecule has 0 aliphatic rings. The number of amides is 1. The van der Waals surface area contributed by atoms with Gasteiger partial charge in [-0.05, 0) is 31.9 Å². The highest BCUT2D eigenvalue weighted by Gasteiger charge is 2.36. The van der Waals surface area contributed by atoms with Gasteiger partial charge in [0.25, 0.3) is 0 Å². The summed E-state index contributed by atoms with van der Waals surface area (Å²) < 4.78 is 5.21. The summed E-state index contributed by atoms with van der Waals surface area (Å²) in [5.41, 5.74) is 5.79. The Morgan fingerprint density at radius 1 is 1.57 bits per heavy atom. The Morgan fingerprint density at radius 3 is 2.67 bits per heavy atom. The van der Waals surface area contributed by atoms with Crippen LogP contribution in [-0.4, -0.2) is 24.1 Å². The molecule has 6 nitrogen and oxygen atoms in total. The molecular weight excluding hydrogens is 294 g/mol. The number of nitrogens with zero attached hydrogens (tertiary/aromatic N) is 1. The molecule has 1 unspecified atom stereocenters. The number of carbonyl (C=O) groups is 1. The molecule has 116 valence electrons. The van der Waals surface area contributed by atoms with E-state index in [9.17, 15) is 4.79 Å². The highest BCUT2D eigenvalue weighted by molar-refractivity contribution is 6.31. The summed E-state index contributed by atoms with van der Waals surface area (Å²) in [5, 5.41) is 15.1. The predicted octanol–water partition coefficient (Wildman–Crippen LogP) is 2.76. The summed E-state index contributed by atoms with van der Waals surface area (Å²) >= 11 is 6.03. The summed E-state index contributed by atoms with van der Waals surface area (Å²) in [6, 6.07) is 3.33. The Bertz CT molecular complexity index is 575. The van der Waals surface area contributed by atoms with E-state index in [1.165, 1.54) is 7.11 Å². The van der Waals surface area contributed by atoms with Crippen LogP contribution in [0.5, 0.6) is 5.75 Å². The van der Waals surface area contributed by atoms with Crippen LogP contribution in [0.25, 0.3) is 0 Å². The number of hydrogen-bond acceptors (Lipinski definition) is 4. The van der Waals surface area contributed by atoms with E-state index in [0.717, 1.165) is 5.56 Å². The third-order valence-electron chi connectivity index (χ3n) is 3.61. The number of rotatable bonds is 5. The Labute approximate surface area is 128 Å². The van der Waals surface area contributed by atoms with Crippen molar-refractivity contribution in [3.05, 3.63) is 22.7 Å². The van der Waals surface area contributed by atoms with Gasteiger partial charge >= 0.3 is 0 Å². The summed E-state index contributed by atoms with van der Waals surface area (Å²) in [6.45, 7) is 5.20. The molecule has 0 saturated heterocycles. The molecule has 0 saturated carbocycles. The van der Waals surface area contributed by atoms with Crippen molar-refractivity contribution >= 4 is 29.0 Å². The van der Waals surface area contributed by atoms with Crippen LogP contribution >= 0.6 is 11.6 Å². The van der Waals surface area contributed by atoms with Crippen LogP contribution in [0.4, 0.5) is 5.69 Å². The minimum atomic E-state index is -1.12. The zero-order valence-electron chi connectivity index (χ0n) is 12.5. The maximum Gasteiger partial charge on any atom is 0.238 e. The van der Waals surface area contributed by atoms with E-state index in [2.05, 4.69) is 10.5 Å². The van der Waals surface area contributed by atoms with Crippen LogP contribution in [0, 0.1) is 12.3 Å². The molecule has 0 heterocycles. The van der Waals surface area contributed by atoms with Crippen LogP contribution in [0.15, 0.2) is 17.3 Å². The molecule has 1 aromatic rings. The number of benzene rings is 1. The maximum absolute atomic E-state index is 12.5.